The van der Waals surface area contributed by atoms with Crippen LogP contribution in [0.25, 0.3) is 0 Å². The number of amides is 1. The maximum absolute atomic E-state index is 12.6. The second-order valence-electron chi connectivity index (χ2n) is 6.61. The summed E-state index contributed by atoms with van der Waals surface area (Å²) in [4.78, 5) is 20.4. The number of hydrogen-bond acceptors (Lipinski definition) is 5. The Labute approximate surface area is 170 Å². The van der Waals surface area contributed by atoms with E-state index in [1.807, 2.05) is 30.3 Å². The van der Waals surface area contributed by atoms with Crippen molar-refractivity contribution in [3.8, 4) is 0 Å². The zero-order chi connectivity index (χ0) is 20.9. The summed E-state index contributed by atoms with van der Waals surface area (Å²) in [5.74, 6) is 0.569. The van der Waals surface area contributed by atoms with Gasteiger partial charge in [-0.05, 0) is 50.1 Å². The molecule has 0 fully saturated rings. The Balaban J connectivity index is 1.62. The molecule has 1 heterocycles. The number of rotatable bonds is 7. The Kier molecular flexibility index (Phi) is 6.23. The number of nitrogens with zero attached hydrogens (tertiary/aromatic N) is 2. The van der Waals surface area contributed by atoms with Gasteiger partial charge in [-0.2, -0.15) is 0 Å². The molecule has 1 aromatic heterocycles. The van der Waals surface area contributed by atoms with Gasteiger partial charge in [0.1, 0.15) is 11.6 Å². The topological polar surface area (TPSA) is 101 Å². The van der Waals surface area contributed by atoms with Gasteiger partial charge in [-0.3, -0.25) is 9.52 Å². The van der Waals surface area contributed by atoms with E-state index in [0.29, 0.717) is 30.0 Å². The molecule has 2 aromatic carbocycles. The predicted molar refractivity (Wildman–Crippen MR) is 112 cm³/mol. The summed E-state index contributed by atoms with van der Waals surface area (Å²) in [7, 11) is -3.79. The Hall–Kier alpha value is -3.26. The second kappa shape index (κ2) is 8.83. The lowest BCUT2D eigenvalue weighted by Crippen LogP contribution is -2.15. The fourth-order valence-electron chi connectivity index (χ4n) is 2.81. The van der Waals surface area contributed by atoms with Crippen molar-refractivity contribution in [2.24, 2.45) is 0 Å². The minimum Gasteiger partial charge on any atom is -0.326 e. The average molecular weight is 410 g/mol. The molecule has 0 aliphatic heterocycles. The molecule has 0 radical (unpaired) electrons. The van der Waals surface area contributed by atoms with Crippen molar-refractivity contribution < 1.29 is 13.2 Å². The first-order valence-corrected chi connectivity index (χ1v) is 10.6. The van der Waals surface area contributed by atoms with Crippen molar-refractivity contribution in [1.82, 2.24) is 9.97 Å². The Morgan fingerprint density at radius 3 is 2.31 bits per heavy atom. The molecule has 8 heteroatoms. The standard InChI is InChI=1S/C21H22N4O3S/c1-15-14-20(23-16(2)22-15)25-29(27,28)19-11-9-18(10-12-19)24-21(26)13-8-17-6-4-3-5-7-17/h3-7,9-12,14H,8,13H2,1-2H3,(H,24,26)(H,22,23,25). The summed E-state index contributed by atoms with van der Waals surface area (Å²) in [6.45, 7) is 3.46. The zero-order valence-electron chi connectivity index (χ0n) is 16.2. The Morgan fingerprint density at radius 1 is 0.966 bits per heavy atom. The van der Waals surface area contributed by atoms with Crippen molar-refractivity contribution in [2.75, 3.05) is 10.0 Å². The van der Waals surface area contributed by atoms with Crippen LogP contribution >= 0.6 is 0 Å². The van der Waals surface area contributed by atoms with Crippen molar-refractivity contribution in [1.29, 1.82) is 0 Å². The van der Waals surface area contributed by atoms with E-state index < -0.39 is 10.0 Å². The van der Waals surface area contributed by atoms with E-state index in [1.165, 1.54) is 12.1 Å². The molecular weight excluding hydrogens is 388 g/mol. The first kappa shape index (κ1) is 20.5. The third-order valence-corrected chi connectivity index (χ3v) is 5.51. The van der Waals surface area contributed by atoms with E-state index >= 15 is 0 Å². The molecule has 0 aliphatic carbocycles. The van der Waals surface area contributed by atoms with Gasteiger partial charge in [-0.1, -0.05) is 30.3 Å². The molecular formula is C21H22N4O3S. The summed E-state index contributed by atoms with van der Waals surface area (Å²) < 4.78 is 27.6. The monoisotopic (exact) mass is 410 g/mol. The first-order chi connectivity index (χ1) is 13.8. The molecule has 0 saturated heterocycles. The van der Waals surface area contributed by atoms with Gasteiger partial charge in [0, 0.05) is 23.9 Å². The van der Waals surface area contributed by atoms with Gasteiger partial charge < -0.3 is 5.32 Å². The van der Waals surface area contributed by atoms with Crippen LogP contribution in [0.1, 0.15) is 23.5 Å². The van der Waals surface area contributed by atoms with Gasteiger partial charge in [-0.15, -0.1) is 0 Å². The smallest absolute Gasteiger partial charge is 0.263 e. The first-order valence-electron chi connectivity index (χ1n) is 9.11. The number of sulfonamides is 1. The molecule has 2 N–H and O–H groups in total. The van der Waals surface area contributed by atoms with E-state index in [2.05, 4.69) is 20.0 Å². The van der Waals surface area contributed by atoms with Crippen LogP contribution in [0.4, 0.5) is 11.5 Å². The molecule has 29 heavy (non-hydrogen) atoms. The summed E-state index contributed by atoms with van der Waals surface area (Å²) in [5, 5.41) is 2.78. The lowest BCUT2D eigenvalue weighted by molar-refractivity contribution is -0.116. The molecule has 1 amide bonds. The third-order valence-electron chi connectivity index (χ3n) is 4.14. The quantitative estimate of drug-likeness (QED) is 0.621. The number of aromatic nitrogens is 2. The van der Waals surface area contributed by atoms with Gasteiger partial charge in [0.2, 0.25) is 5.91 Å². The molecule has 3 aromatic rings. The summed E-state index contributed by atoms with van der Waals surface area (Å²) in [6, 6.07) is 17.3. The number of carbonyl (C=O) groups excluding carboxylic acids is 1. The molecule has 0 spiro atoms. The van der Waals surface area contributed by atoms with Crippen molar-refractivity contribution in [3.05, 3.63) is 77.7 Å². The molecule has 150 valence electrons. The maximum Gasteiger partial charge on any atom is 0.263 e. The number of nitrogens with one attached hydrogen (secondary N) is 2. The van der Waals surface area contributed by atoms with Crippen molar-refractivity contribution in [2.45, 2.75) is 31.6 Å². The molecule has 3 rings (SSSR count). The van der Waals surface area contributed by atoms with Gasteiger partial charge >= 0.3 is 0 Å². The molecule has 7 nitrogen and oxygen atoms in total. The molecule has 0 atom stereocenters. The minimum absolute atomic E-state index is 0.0775. The van der Waals surface area contributed by atoms with E-state index in [9.17, 15) is 13.2 Å². The van der Waals surface area contributed by atoms with E-state index in [1.54, 1.807) is 32.0 Å². The number of carbonyl (C=O) groups is 1. The largest absolute Gasteiger partial charge is 0.326 e. The normalized spacial score (nSPS) is 11.1. The molecule has 0 saturated carbocycles. The van der Waals surface area contributed by atoms with E-state index in [-0.39, 0.29) is 16.6 Å². The van der Waals surface area contributed by atoms with Crippen LogP contribution < -0.4 is 10.0 Å². The van der Waals surface area contributed by atoms with Crippen LogP contribution in [-0.2, 0) is 21.2 Å². The molecule has 0 aliphatic rings. The van der Waals surface area contributed by atoms with E-state index in [0.717, 1.165) is 5.56 Å². The van der Waals surface area contributed by atoms with Gasteiger partial charge in [0.05, 0.1) is 4.90 Å². The predicted octanol–water partition coefficient (Wildman–Crippen LogP) is 3.47. The highest BCUT2D eigenvalue weighted by Crippen LogP contribution is 2.18. The van der Waals surface area contributed by atoms with Crippen LogP contribution in [0.3, 0.4) is 0 Å². The van der Waals surface area contributed by atoms with Crippen LogP contribution in [0.2, 0.25) is 0 Å². The number of benzene rings is 2. The highest BCUT2D eigenvalue weighted by molar-refractivity contribution is 7.92. The summed E-state index contributed by atoms with van der Waals surface area (Å²) >= 11 is 0. The lowest BCUT2D eigenvalue weighted by Gasteiger charge is -2.10. The van der Waals surface area contributed by atoms with Gasteiger partial charge in [0.25, 0.3) is 10.0 Å². The molecule has 0 unspecified atom stereocenters. The SMILES string of the molecule is Cc1cc(NS(=O)(=O)c2ccc(NC(=O)CCc3ccccc3)cc2)nc(C)n1. The fraction of sp³-hybridized carbons (Fsp3) is 0.190. The highest BCUT2D eigenvalue weighted by atomic mass is 32.2. The third kappa shape index (κ3) is 5.86. The van der Waals surface area contributed by atoms with Gasteiger partial charge in [0.15, 0.2) is 0 Å². The van der Waals surface area contributed by atoms with Gasteiger partial charge in [-0.25, -0.2) is 18.4 Å². The average Bonchev–Trinajstić information content (AvgIpc) is 2.66. The van der Waals surface area contributed by atoms with Crippen LogP contribution in [0.5, 0.6) is 0 Å². The fourth-order valence-corrected chi connectivity index (χ4v) is 3.80. The Morgan fingerprint density at radius 2 is 1.66 bits per heavy atom. The number of anilines is 2. The van der Waals surface area contributed by atoms with Crippen molar-refractivity contribution >= 4 is 27.4 Å². The summed E-state index contributed by atoms with van der Waals surface area (Å²) in [6.07, 6.45) is 0.985. The Bertz CT molecular complexity index is 1080. The van der Waals surface area contributed by atoms with Crippen LogP contribution in [-0.4, -0.2) is 24.3 Å². The zero-order valence-corrected chi connectivity index (χ0v) is 17.0. The van der Waals surface area contributed by atoms with Crippen LogP contribution in [0.15, 0.2) is 65.6 Å². The number of hydrogen-bond donors (Lipinski definition) is 2. The summed E-state index contributed by atoms with van der Waals surface area (Å²) in [5.41, 5.74) is 2.30. The number of aryl methyl sites for hydroxylation is 3. The molecule has 0 bridgehead atoms. The van der Waals surface area contributed by atoms with Crippen LogP contribution in [0, 0.1) is 13.8 Å². The van der Waals surface area contributed by atoms with E-state index in [4.69, 9.17) is 0 Å². The maximum atomic E-state index is 12.6. The lowest BCUT2D eigenvalue weighted by atomic mass is 10.1. The highest BCUT2D eigenvalue weighted by Gasteiger charge is 2.15. The van der Waals surface area contributed by atoms with Crippen molar-refractivity contribution in [3.63, 3.8) is 0 Å². The minimum atomic E-state index is -3.79. The second-order valence-corrected chi connectivity index (χ2v) is 8.29.